The van der Waals surface area contributed by atoms with E-state index in [0.29, 0.717) is 18.5 Å². The number of nitrogens with two attached hydrogens (primary N) is 1. The SMILES string of the molecule is C=N/C=C1\C(=N/CNc2cnc(N3CCC(N)C3)cn2)N(C2CCCC2)c2cnccc21. The molecule has 2 aromatic heterocycles. The molecule has 9 heteroatoms. The van der Waals surface area contributed by atoms with E-state index in [9.17, 15) is 0 Å². The van der Waals surface area contributed by atoms with Crippen LogP contribution in [-0.2, 0) is 0 Å². The zero-order valence-electron chi connectivity index (χ0n) is 18.2. The Balaban J connectivity index is 1.34. The normalized spacial score (nSPS) is 23.3. The van der Waals surface area contributed by atoms with E-state index < -0.39 is 0 Å². The Morgan fingerprint density at radius 3 is 2.78 bits per heavy atom. The Morgan fingerprint density at radius 1 is 1.19 bits per heavy atom. The van der Waals surface area contributed by atoms with Crippen molar-refractivity contribution in [3.63, 3.8) is 0 Å². The first-order valence-electron chi connectivity index (χ1n) is 11.3. The zero-order chi connectivity index (χ0) is 21.9. The molecule has 2 aromatic rings. The summed E-state index contributed by atoms with van der Waals surface area (Å²) in [5.41, 5.74) is 9.18. The van der Waals surface area contributed by atoms with Gasteiger partial charge in [0.25, 0.3) is 0 Å². The molecule has 2 aliphatic heterocycles. The van der Waals surface area contributed by atoms with E-state index >= 15 is 0 Å². The van der Waals surface area contributed by atoms with Crippen molar-refractivity contribution >= 4 is 35.4 Å². The van der Waals surface area contributed by atoms with Crippen LogP contribution in [0.1, 0.15) is 37.7 Å². The van der Waals surface area contributed by atoms with Crippen LogP contribution in [0.3, 0.4) is 0 Å². The number of pyridine rings is 1. The Kier molecular flexibility index (Phi) is 5.81. The summed E-state index contributed by atoms with van der Waals surface area (Å²) in [5, 5.41) is 3.28. The molecule has 9 nitrogen and oxygen atoms in total. The van der Waals surface area contributed by atoms with Gasteiger partial charge in [-0.3, -0.25) is 9.98 Å². The average molecular weight is 432 g/mol. The minimum atomic E-state index is 0.214. The van der Waals surface area contributed by atoms with E-state index in [4.69, 9.17) is 10.7 Å². The summed E-state index contributed by atoms with van der Waals surface area (Å²) in [6.07, 6.45) is 14.9. The number of hydrogen-bond donors (Lipinski definition) is 2. The lowest BCUT2D eigenvalue weighted by Crippen LogP contribution is -2.36. The first kappa shape index (κ1) is 20.6. The van der Waals surface area contributed by atoms with Crippen molar-refractivity contribution in [1.29, 1.82) is 0 Å². The van der Waals surface area contributed by atoms with Crippen molar-refractivity contribution in [1.82, 2.24) is 15.0 Å². The highest BCUT2D eigenvalue weighted by atomic mass is 15.3. The molecule has 4 heterocycles. The van der Waals surface area contributed by atoms with Gasteiger partial charge in [-0.2, -0.15) is 0 Å². The van der Waals surface area contributed by atoms with Crippen molar-refractivity contribution in [2.24, 2.45) is 15.7 Å². The second-order valence-corrected chi connectivity index (χ2v) is 8.50. The number of aromatic nitrogens is 3. The standard InChI is InChI=1S/C23H29N9/c1-25-10-19-18-6-8-26-11-20(18)32(17-4-2-3-5-17)23(19)30-15-29-21-12-28-22(13-27-21)31-9-7-16(24)14-31/h6,8,10-13,16-17H,1-5,7,9,14-15,24H2,(H,27,29)/b19-10-,30-23+. The molecule has 3 N–H and O–H groups in total. The number of nitrogens with zero attached hydrogens (tertiary/aromatic N) is 7. The van der Waals surface area contributed by atoms with Crippen LogP contribution in [0.25, 0.3) is 5.57 Å². The molecule has 1 aliphatic carbocycles. The molecule has 1 atom stereocenters. The number of fused-ring (bicyclic) bond motifs is 1. The topological polar surface area (TPSA) is 108 Å². The zero-order valence-corrected chi connectivity index (χ0v) is 18.2. The smallest absolute Gasteiger partial charge is 0.147 e. The first-order valence-corrected chi connectivity index (χ1v) is 11.3. The van der Waals surface area contributed by atoms with Gasteiger partial charge in [0.05, 0.1) is 24.3 Å². The van der Waals surface area contributed by atoms with Gasteiger partial charge in [0.1, 0.15) is 24.1 Å². The van der Waals surface area contributed by atoms with Crippen molar-refractivity contribution in [3.8, 4) is 0 Å². The number of rotatable bonds is 6. The molecule has 3 aliphatic rings. The second kappa shape index (κ2) is 9.04. The predicted octanol–water partition coefficient (Wildman–Crippen LogP) is 2.68. The average Bonchev–Trinajstić information content (AvgIpc) is 3.55. The van der Waals surface area contributed by atoms with Crippen LogP contribution in [-0.4, -0.2) is 59.3 Å². The summed E-state index contributed by atoms with van der Waals surface area (Å²) >= 11 is 0. The van der Waals surface area contributed by atoms with Crippen LogP contribution >= 0.6 is 0 Å². The van der Waals surface area contributed by atoms with Gasteiger partial charge < -0.3 is 20.9 Å². The second-order valence-electron chi connectivity index (χ2n) is 8.50. The molecule has 1 unspecified atom stereocenters. The third-order valence-corrected chi connectivity index (χ3v) is 6.40. The summed E-state index contributed by atoms with van der Waals surface area (Å²) < 4.78 is 0. The molecule has 0 bridgehead atoms. The Labute approximate surface area is 188 Å². The van der Waals surface area contributed by atoms with Gasteiger partial charge in [-0.1, -0.05) is 12.8 Å². The van der Waals surface area contributed by atoms with E-state index in [1.165, 1.54) is 12.8 Å². The Bertz CT molecular complexity index is 1020. The number of anilines is 3. The number of amidine groups is 1. The van der Waals surface area contributed by atoms with Gasteiger partial charge in [0.15, 0.2) is 0 Å². The molecule has 166 valence electrons. The molecular weight excluding hydrogens is 402 g/mol. The fourth-order valence-electron chi connectivity index (χ4n) is 4.85. The third kappa shape index (κ3) is 3.95. The molecular formula is C23H29N9. The molecule has 2 fully saturated rings. The first-order chi connectivity index (χ1) is 15.7. The summed E-state index contributed by atoms with van der Waals surface area (Å²) in [6.45, 7) is 5.81. The van der Waals surface area contributed by atoms with Gasteiger partial charge in [-0.25, -0.2) is 15.0 Å². The van der Waals surface area contributed by atoms with E-state index in [1.54, 1.807) is 18.6 Å². The summed E-state index contributed by atoms with van der Waals surface area (Å²) in [5.74, 6) is 2.47. The molecule has 1 saturated carbocycles. The molecule has 0 aromatic carbocycles. The molecule has 1 saturated heterocycles. The van der Waals surface area contributed by atoms with E-state index in [-0.39, 0.29) is 6.04 Å². The lowest BCUT2D eigenvalue weighted by atomic mass is 10.1. The maximum absolute atomic E-state index is 6.00. The van der Waals surface area contributed by atoms with Crippen LogP contribution in [0, 0.1) is 0 Å². The van der Waals surface area contributed by atoms with Crippen LogP contribution in [0.5, 0.6) is 0 Å². The van der Waals surface area contributed by atoms with Gasteiger partial charge >= 0.3 is 0 Å². The minimum absolute atomic E-state index is 0.214. The van der Waals surface area contributed by atoms with Gasteiger partial charge in [-0.15, -0.1) is 0 Å². The van der Waals surface area contributed by atoms with E-state index in [1.807, 2.05) is 18.5 Å². The minimum Gasteiger partial charge on any atom is -0.354 e. The van der Waals surface area contributed by atoms with Gasteiger partial charge in [0, 0.05) is 48.7 Å². The maximum Gasteiger partial charge on any atom is 0.147 e. The van der Waals surface area contributed by atoms with Crippen LogP contribution in [0.4, 0.5) is 17.3 Å². The van der Waals surface area contributed by atoms with Crippen molar-refractivity contribution < 1.29 is 0 Å². The highest BCUT2D eigenvalue weighted by Crippen LogP contribution is 2.41. The number of nitrogens with one attached hydrogen (secondary N) is 1. The van der Waals surface area contributed by atoms with Crippen molar-refractivity contribution in [2.45, 2.75) is 44.2 Å². The third-order valence-electron chi connectivity index (χ3n) is 6.40. The maximum atomic E-state index is 6.00. The lowest BCUT2D eigenvalue weighted by Gasteiger charge is -2.27. The highest BCUT2D eigenvalue weighted by Gasteiger charge is 2.36. The van der Waals surface area contributed by atoms with Crippen molar-refractivity contribution in [3.05, 3.63) is 42.6 Å². The number of aliphatic imine (C=N–C) groups is 2. The van der Waals surface area contributed by atoms with Gasteiger partial charge in [-0.05, 0) is 32.0 Å². The van der Waals surface area contributed by atoms with E-state index in [2.05, 4.69) is 41.8 Å². The molecule has 0 radical (unpaired) electrons. The van der Waals surface area contributed by atoms with Crippen molar-refractivity contribution in [2.75, 3.05) is 34.9 Å². The fraction of sp³-hybridized carbons (Fsp3) is 0.435. The largest absolute Gasteiger partial charge is 0.354 e. The molecule has 5 rings (SSSR count). The lowest BCUT2D eigenvalue weighted by molar-refractivity contribution is 0.692. The van der Waals surface area contributed by atoms with Crippen LogP contribution in [0.2, 0.25) is 0 Å². The summed E-state index contributed by atoms with van der Waals surface area (Å²) in [7, 11) is 0. The fourth-order valence-corrected chi connectivity index (χ4v) is 4.85. The van der Waals surface area contributed by atoms with Crippen LogP contribution in [0.15, 0.2) is 47.0 Å². The predicted molar refractivity (Wildman–Crippen MR) is 129 cm³/mol. The summed E-state index contributed by atoms with van der Waals surface area (Å²) in [4.78, 5) is 26.9. The van der Waals surface area contributed by atoms with E-state index in [0.717, 1.165) is 60.8 Å². The Hall–Kier alpha value is -3.33. The van der Waals surface area contributed by atoms with Gasteiger partial charge in [0.2, 0.25) is 0 Å². The van der Waals surface area contributed by atoms with Crippen LogP contribution < -0.4 is 20.9 Å². The summed E-state index contributed by atoms with van der Waals surface area (Å²) in [6, 6.07) is 2.67. The molecule has 0 spiro atoms. The molecule has 32 heavy (non-hydrogen) atoms. The Morgan fingerprint density at radius 2 is 2.06 bits per heavy atom. The molecule has 0 amide bonds. The number of hydrogen-bond acceptors (Lipinski definition) is 8. The highest BCUT2D eigenvalue weighted by molar-refractivity contribution is 6.35. The monoisotopic (exact) mass is 431 g/mol. The quantitative estimate of drug-likeness (QED) is 0.677.